The molecule has 0 bridgehead atoms. The third kappa shape index (κ3) is 5.68. The first kappa shape index (κ1) is 22.8. The van der Waals surface area contributed by atoms with Gasteiger partial charge in [-0.15, -0.1) is 5.10 Å². The van der Waals surface area contributed by atoms with Gasteiger partial charge in [-0.25, -0.2) is 5.43 Å². The lowest BCUT2D eigenvalue weighted by atomic mass is 10.1. The number of thioether (sulfide) groups is 1. The van der Waals surface area contributed by atoms with Crippen LogP contribution < -0.4 is 9.99 Å². The Morgan fingerprint density at radius 2 is 1.79 bits per heavy atom. The third-order valence-corrected chi connectivity index (χ3v) is 6.24. The molecular formula is C24H21BrN5O2S+. The van der Waals surface area contributed by atoms with Crippen molar-refractivity contribution in [2.45, 2.75) is 12.1 Å². The van der Waals surface area contributed by atoms with Crippen molar-refractivity contribution in [3.63, 3.8) is 0 Å². The highest BCUT2D eigenvalue weighted by atomic mass is 79.9. The molecule has 7 nitrogen and oxygen atoms in total. The maximum atomic E-state index is 12.4. The van der Waals surface area contributed by atoms with E-state index in [1.807, 2.05) is 59.2 Å². The van der Waals surface area contributed by atoms with E-state index in [9.17, 15) is 9.90 Å². The van der Waals surface area contributed by atoms with Crippen LogP contribution in [0.5, 0.6) is 5.75 Å². The average Bonchev–Trinajstić information content (AvgIpc) is 3.26. The largest absolute Gasteiger partial charge is 0.508 e. The van der Waals surface area contributed by atoms with Gasteiger partial charge in [-0.2, -0.15) is 9.67 Å². The summed E-state index contributed by atoms with van der Waals surface area (Å²) in [6.07, 6.45) is 0. The summed E-state index contributed by atoms with van der Waals surface area (Å²) in [6.45, 7) is 1.79. The predicted molar refractivity (Wildman–Crippen MR) is 132 cm³/mol. The monoisotopic (exact) mass is 522 g/mol. The number of aromatic nitrogens is 3. The Morgan fingerprint density at radius 3 is 2.48 bits per heavy atom. The molecule has 4 rings (SSSR count). The molecule has 0 aliphatic rings. The zero-order chi connectivity index (χ0) is 23.2. The fourth-order valence-corrected chi connectivity index (χ4v) is 4.11. The summed E-state index contributed by atoms with van der Waals surface area (Å²) in [5.41, 5.74) is 5.95. The third-order valence-electron chi connectivity index (χ3n) is 4.77. The number of hydrogen-bond acceptors (Lipinski definition) is 5. The Morgan fingerprint density at radius 1 is 1.09 bits per heavy atom. The predicted octanol–water partition coefficient (Wildman–Crippen LogP) is 4.45. The van der Waals surface area contributed by atoms with Gasteiger partial charge in [-0.1, -0.05) is 34.1 Å². The topological polar surface area (TPSA) is 94.2 Å². The van der Waals surface area contributed by atoms with E-state index in [-0.39, 0.29) is 17.4 Å². The van der Waals surface area contributed by atoms with Crippen LogP contribution in [-0.4, -0.2) is 32.7 Å². The lowest BCUT2D eigenvalue weighted by molar-refractivity contribution is -0.625. The number of carbonyl (C=O) groups excluding carboxylic acids is 1. The summed E-state index contributed by atoms with van der Waals surface area (Å²) in [7, 11) is 0. The summed E-state index contributed by atoms with van der Waals surface area (Å²) in [5, 5.41) is 21.8. The van der Waals surface area contributed by atoms with Gasteiger partial charge in [-0.05, 0) is 84.9 Å². The van der Waals surface area contributed by atoms with Crippen molar-refractivity contribution in [2.24, 2.45) is 5.10 Å². The molecular weight excluding hydrogens is 502 g/mol. The van der Waals surface area contributed by atoms with Crippen LogP contribution in [0.2, 0.25) is 0 Å². The number of aromatic amines is 1. The second-order valence-electron chi connectivity index (χ2n) is 7.10. The van der Waals surface area contributed by atoms with E-state index in [1.54, 1.807) is 31.2 Å². The number of phenols is 1. The summed E-state index contributed by atoms with van der Waals surface area (Å²) in [4.78, 5) is 12.4. The van der Waals surface area contributed by atoms with E-state index in [0.29, 0.717) is 10.9 Å². The van der Waals surface area contributed by atoms with Gasteiger partial charge in [0, 0.05) is 4.47 Å². The van der Waals surface area contributed by atoms with Crippen LogP contribution in [0.25, 0.3) is 17.1 Å². The van der Waals surface area contributed by atoms with E-state index >= 15 is 0 Å². The van der Waals surface area contributed by atoms with Crippen molar-refractivity contribution in [1.82, 2.24) is 15.6 Å². The number of carbonyl (C=O) groups is 1. The van der Waals surface area contributed by atoms with Crippen molar-refractivity contribution in [2.75, 3.05) is 5.75 Å². The Labute approximate surface area is 203 Å². The summed E-state index contributed by atoms with van der Waals surface area (Å²) in [5.74, 6) is 0.897. The Kier molecular flexibility index (Phi) is 7.21. The molecule has 0 fully saturated rings. The van der Waals surface area contributed by atoms with Gasteiger partial charge in [0.15, 0.2) is 0 Å². The molecule has 166 valence electrons. The second kappa shape index (κ2) is 10.5. The van der Waals surface area contributed by atoms with Crippen LogP contribution in [0.3, 0.4) is 0 Å². The molecule has 0 unspecified atom stereocenters. The average molecular weight is 523 g/mol. The highest BCUT2D eigenvalue weighted by Crippen LogP contribution is 2.21. The first-order valence-corrected chi connectivity index (χ1v) is 11.9. The number of nitrogens with one attached hydrogen (secondary N) is 2. The number of benzene rings is 3. The Bertz CT molecular complexity index is 1270. The van der Waals surface area contributed by atoms with E-state index in [2.05, 4.69) is 36.7 Å². The molecule has 1 aromatic heterocycles. The van der Waals surface area contributed by atoms with Crippen molar-refractivity contribution in [1.29, 1.82) is 0 Å². The molecule has 1 heterocycles. The number of H-pyrrole nitrogens is 1. The van der Waals surface area contributed by atoms with Gasteiger partial charge in [0.25, 0.3) is 11.7 Å². The van der Waals surface area contributed by atoms with Crippen molar-refractivity contribution in [3.05, 3.63) is 88.9 Å². The van der Waals surface area contributed by atoms with Gasteiger partial charge in [0.2, 0.25) is 0 Å². The van der Waals surface area contributed by atoms with Crippen molar-refractivity contribution in [3.8, 4) is 22.8 Å². The lowest BCUT2D eigenvalue weighted by Gasteiger charge is -2.05. The molecule has 3 aromatic carbocycles. The minimum atomic E-state index is -0.246. The van der Waals surface area contributed by atoms with Crippen molar-refractivity contribution < 1.29 is 14.5 Å². The van der Waals surface area contributed by atoms with Gasteiger partial charge < -0.3 is 5.11 Å². The number of nitrogens with zero attached hydrogens (tertiary/aromatic N) is 3. The molecule has 9 heteroatoms. The normalized spacial score (nSPS) is 11.4. The molecule has 1 amide bonds. The molecule has 0 atom stereocenters. The maximum absolute atomic E-state index is 12.4. The molecule has 33 heavy (non-hydrogen) atoms. The van der Waals surface area contributed by atoms with Gasteiger partial charge >= 0.3 is 5.16 Å². The molecule has 0 saturated carbocycles. The smallest absolute Gasteiger partial charge is 0.342 e. The minimum absolute atomic E-state index is 0.141. The minimum Gasteiger partial charge on any atom is -0.508 e. The summed E-state index contributed by atoms with van der Waals surface area (Å²) in [6, 6.07) is 24.5. The molecule has 0 aliphatic carbocycles. The zero-order valence-corrected chi connectivity index (χ0v) is 20.1. The molecule has 3 N–H and O–H groups in total. The summed E-state index contributed by atoms with van der Waals surface area (Å²) >= 11 is 4.79. The van der Waals surface area contributed by atoms with Crippen LogP contribution >= 0.6 is 27.7 Å². The van der Waals surface area contributed by atoms with Gasteiger partial charge in [-0.3, -0.25) is 4.79 Å². The zero-order valence-electron chi connectivity index (χ0n) is 17.7. The van der Waals surface area contributed by atoms with Crippen LogP contribution in [0, 0.1) is 0 Å². The highest BCUT2D eigenvalue weighted by Gasteiger charge is 2.24. The van der Waals surface area contributed by atoms with Gasteiger partial charge in [0.1, 0.15) is 11.4 Å². The number of aromatic hydroxyl groups is 1. The van der Waals surface area contributed by atoms with E-state index in [1.165, 1.54) is 11.8 Å². The van der Waals surface area contributed by atoms with Crippen LogP contribution in [0.4, 0.5) is 0 Å². The molecule has 4 aromatic rings. The number of hydrogen-bond donors (Lipinski definition) is 3. The van der Waals surface area contributed by atoms with E-state index in [0.717, 1.165) is 27.1 Å². The molecule has 0 radical (unpaired) electrons. The quantitative estimate of drug-likeness (QED) is 0.144. The number of amides is 1. The fourth-order valence-electron chi connectivity index (χ4n) is 3.09. The Hall–Kier alpha value is -3.43. The first-order valence-electron chi connectivity index (χ1n) is 10.1. The Balaban J connectivity index is 1.51. The first-order chi connectivity index (χ1) is 16.0. The number of halogens is 1. The standard InChI is InChI=1S/C24H20BrN5O2S/c1-16(17-7-13-21(31)14-8-17)26-27-22(32)15-33-24-29-28-23(18-5-3-2-4-6-18)30(24)20-11-9-19(25)10-12-20/h2-14H,15H2,1H3,(H2,26,27,31,32)/p+1. The lowest BCUT2D eigenvalue weighted by Crippen LogP contribution is -2.34. The van der Waals surface area contributed by atoms with Crippen LogP contribution in [-0.2, 0) is 4.79 Å². The number of phenolic OH excluding ortho intramolecular Hbond substituents is 1. The summed E-state index contributed by atoms with van der Waals surface area (Å²) < 4.78 is 2.97. The maximum Gasteiger partial charge on any atom is 0.342 e. The second-order valence-corrected chi connectivity index (χ2v) is 8.96. The number of rotatable bonds is 7. The number of hydrazone groups is 1. The van der Waals surface area contributed by atoms with Crippen LogP contribution in [0.15, 0.2) is 93.6 Å². The van der Waals surface area contributed by atoms with Crippen LogP contribution in [0.1, 0.15) is 12.5 Å². The van der Waals surface area contributed by atoms with Gasteiger partial charge in [0.05, 0.1) is 22.1 Å². The molecule has 0 spiro atoms. The highest BCUT2D eigenvalue weighted by molar-refractivity contribution is 9.10. The SMILES string of the molecule is C/C(=N\NC(=O)CSc1n[nH]c(-c2ccccc2)[n+]1-c1ccc(Br)cc1)c1ccc(O)cc1. The molecule has 0 aliphatic heterocycles. The van der Waals surface area contributed by atoms with Crippen molar-refractivity contribution >= 4 is 39.3 Å². The molecule has 0 saturated heterocycles. The van der Waals surface area contributed by atoms with E-state index in [4.69, 9.17) is 0 Å². The van der Waals surface area contributed by atoms with E-state index < -0.39 is 0 Å². The fraction of sp³-hybridized carbons (Fsp3) is 0.0833.